The van der Waals surface area contributed by atoms with E-state index in [9.17, 15) is 4.79 Å². The molecule has 0 unspecified atom stereocenters. The SMILES string of the molecule is C[C@@H](Nc1ncc(CC(=O)N2CCCCCC2)s1)C1CCCCC1. The highest BCUT2D eigenvalue weighted by atomic mass is 32.1. The number of carbonyl (C=O) groups excluding carboxylic acids is 1. The van der Waals surface area contributed by atoms with Gasteiger partial charge in [-0.15, -0.1) is 11.3 Å². The molecule has 1 N–H and O–H groups in total. The Bertz CT molecular complexity index is 516. The van der Waals surface area contributed by atoms with E-state index >= 15 is 0 Å². The van der Waals surface area contributed by atoms with Crippen molar-refractivity contribution in [1.82, 2.24) is 9.88 Å². The Balaban J connectivity index is 1.50. The van der Waals surface area contributed by atoms with Crippen LogP contribution in [0.15, 0.2) is 6.20 Å². The van der Waals surface area contributed by atoms with Gasteiger partial charge in [-0.1, -0.05) is 32.1 Å². The number of amides is 1. The van der Waals surface area contributed by atoms with Crippen molar-refractivity contribution in [3.63, 3.8) is 0 Å². The number of carbonyl (C=O) groups is 1. The van der Waals surface area contributed by atoms with E-state index in [-0.39, 0.29) is 5.91 Å². The van der Waals surface area contributed by atoms with E-state index in [0.717, 1.165) is 41.9 Å². The molecule has 2 heterocycles. The van der Waals surface area contributed by atoms with E-state index < -0.39 is 0 Å². The molecule has 2 fully saturated rings. The van der Waals surface area contributed by atoms with Crippen LogP contribution in [0.4, 0.5) is 5.13 Å². The van der Waals surface area contributed by atoms with Crippen molar-refractivity contribution in [2.45, 2.75) is 77.2 Å². The van der Waals surface area contributed by atoms with E-state index in [0.29, 0.717) is 12.5 Å². The summed E-state index contributed by atoms with van der Waals surface area (Å²) in [6.45, 7) is 4.14. The quantitative estimate of drug-likeness (QED) is 0.853. The van der Waals surface area contributed by atoms with Crippen LogP contribution in [0.2, 0.25) is 0 Å². The highest BCUT2D eigenvalue weighted by Gasteiger charge is 2.21. The number of hydrogen-bond donors (Lipinski definition) is 1. The number of nitrogens with zero attached hydrogens (tertiary/aromatic N) is 2. The van der Waals surface area contributed by atoms with Crippen LogP contribution in [0.3, 0.4) is 0 Å². The highest BCUT2D eigenvalue weighted by molar-refractivity contribution is 7.15. The lowest BCUT2D eigenvalue weighted by Crippen LogP contribution is -2.32. The lowest BCUT2D eigenvalue weighted by molar-refractivity contribution is -0.130. The predicted molar refractivity (Wildman–Crippen MR) is 101 cm³/mol. The van der Waals surface area contributed by atoms with Gasteiger partial charge in [-0.05, 0) is 38.5 Å². The molecule has 3 rings (SSSR count). The Kier molecular flexibility index (Phi) is 6.52. The fraction of sp³-hybridized carbons (Fsp3) is 0.789. The van der Waals surface area contributed by atoms with E-state index in [1.54, 1.807) is 11.3 Å². The molecule has 1 atom stereocenters. The normalized spacial score (nSPS) is 21.3. The fourth-order valence-electron chi connectivity index (χ4n) is 3.98. The molecule has 1 amide bonds. The zero-order valence-electron chi connectivity index (χ0n) is 14.9. The number of nitrogens with one attached hydrogen (secondary N) is 1. The molecular formula is C19H31N3OS. The summed E-state index contributed by atoms with van der Waals surface area (Å²) in [6.07, 6.45) is 14.0. The molecule has 1 aliphatic heterocycles. The third-order valence-corrected chi connectivity index (χ3v) is 6.47. The molecule has 0 radical (unpaired) electrons. The molecule has 1 saturated carbocycles. The van der Waals surface area contributed by atoms with Crippen molar-refractivity contribution in [1.29, 1.82) is 0 Å². The number of rotatable bonds is 5. The topological polar surface area (TPSA) is 45.2 Å². The van der Waals surface area contributed by atoms with Gasteiger partial charge < -0.3 is 10.2 Å². The first-order valence-electron chi connectivity index (χ1n) is 9.71. The zero-order valence-corrected chi connectivity index (χ0v) is 15.7. The number of anilines is 1. The van der Waals surface area contributed by atoms with Crippen LogP contribution in [0, 0.1) is 5.92 Å². The molecule has 5 heteroatoms. The molecule has 1 aliphatic carbocycles. The molecule has 1 aromatic rings. The largest absolute Gasteiger partial charge is 0.359 e. The minimum atomic E-state index is 0.271. The Morgan fingerprint density at radius 3 is 2.58 bits per heavy atom. The second kappa shape index (κ2) is 8.84. The lowest BCUT2D eigenvalue weighted by Gasteiger charge is -2.28. The summed E-state index contributed by atoms with van der Waals surface area (Å²) in [7, 11) is 0. The van der Waals surface area contributed by atoms with Crippen LogP contribution >= 0.6 is 11.3 Å². The summed E-state index contributed by atoms with van der Waals surface area (Å²) in [4.78, 5) is 20.1. The van der Waals surface area contributed by atoms with Crippen molar-refractivity contribution < 1.29 is 4.79 Å². The molecule has 4 nitrogen and oxygen atoms in total. The van der Waals surface area contributed by atoms with Crippen LogP contribution in [0.5, 0.6) is 0 Å². The molecular weight excluding hydrogens is 318 g/mol. The summed E-state index contributed by atoms with van der Waals surface area (Å²) in [5, 5.41) is 4.56. The van der Waals surface area contributed by atoms with Crippen molar-refractivity contribution in [2.24, 2.45) is 5.92 Å². The maximum Gasteiger partial charge on any atom is 0.227 e. The summed E-state index contributed by atoms with van der Waals surface area (Å²) in [5.41, 5.74) is 0. The summed E-state index contributed by atoms with van der Waals surface area (Å²) in [5.74, 6) is 1.04. The van der Waals surface area contributed by atoms with E-state index in [1.165, 1.54) is 44.9 Å². The molecule has 0 spiro atoms. The van der Waals surface area contributed by atoms with Gasteiger partial charge in [0.1, 0.15) is 0 Å². The summed E-state index contributed by atoms with van der Waals surface area (Å²) >= 11 is 1.65. The van der Waals surface area contributed by atoms with E-state index in [4.69, 9.17) is 0 Å². The van der Waals surface area contributed by atoms with Crippen molar-refractivity contribution in [2.75, 3.05) is 18.4 Å². The second-order valence-electron chi connectivity index (χ2n) is 7.43. The van der Waals surface area contributed by atoms with Gasteiger partial charge >= 0.3 is 0 Å². The fourth-order valence-corrected chi connectivity index (χ4v) is 4.88. The monoisotopic (exact) mass is 349 g/mol. The van der Waals surface area contributed by atoms with Crippen LogP contribution < -0.4 is 5.32 Å². The average Bonchev–Trinajstić information content (AvgIpc) is 2.86. The van der Waals surface area contributed by atoms with Crippen LogP contribution in [0.1, 0.15) is 69.6 Å². The van der Waals surface area contributed by atoms with Gasteiger partial charge in [-0.25, -0.2) is 4.98 Å². The smallest absolute Gasteiger partial charge is 0.227 e. The van der Waals surface area contributed by atoms with Crippen molar-refractivity contribution in [3.05, 3.63) is 11.1 Å². The average molecular weight is 350 g/mol. The Hall–Kier alpha value is -1.10. The minimum absolute atomic E-state index is 0.271. The summed E-state index contributed by atoms with van der Waals surface area (Å²) < 4.78 is 0. The number of aromatic nitrogens is 1. The number of thiazole rings is 1. The van der Waals surface area contributed by atoms with E-state index in [2.05, 4.69) is 17.2 Å². The predicted octanol–water partition coefficient (Wildman–Crippen LogP) is 4.47. The lowest BCUT2D eigenvalue weighted by atomic mass is 9.85. The highest BCUT2D eigenvalue weighted by Crippen LogP contribution is 2.29. The minimum Gasteiger partial charge on any atom is -0.359 e. The number of likely N-dealkylation sites (tertiary alicyclic amines) is 1. The Labute approximate surface area is 150 Å². The van der Waals surface area contributed by atoms with Crippen LogP contribution in [-0.4, -0.2) is 34.9 Å². The van der Waals surface area contributed by atoms with E-state index in [1.807, 2.05) is 11.1 Å². The molecule has 24 heavy (non-hydrogen) atoms. The van der Waals surface area contributed by atoms with Crippen molar-refractivity contribution >= 4 is 22.4 Å². The molecule has 1 aromatic heterocycles. The Morgan fingerprint density at radius 2 is 1.88 bits per heavy atom. The second-order valence-corrected chi connectivity index (χ2v) is 8.55. The Morgan fingerprint density at radius 1 is 1.21 bits per heavy atom. The van der Waals surface area contributed by atoms with Gasteiger partial charge in [-0.3, -0.25) is 4.79 Å². The first kappa shape index (κ1) is 17.7. The third kappa shape index (κ3) is 4.95. The van der Waals surface area contributed by atoms with Gasteiger partial charge in [-0.2, -0.15) is 0 Å². The van der Waals surface area contributed by atoms with Crippen LogP contribution in [0.25, 0.3) is 0 Å². The van der Waals surface area contributed by atoms with Crippen LogP contribution in [-0.2, 0) is 11.2 Å². The van der Waals surface area contributed by atoms with Gasteiger partial charge in [0.15, 0.2) is 5.13 Å². The maximum atomic E-state index is 12.5. The third-order valence-electron chi connectivity index (χ3n) is 5.55. The number of hydrogen-bond acceptors (Lipinski definition) is 4. The molecule has 1 saturated heterocycles. The molecule has 0 aromatic carbocycles. The van der Waals surface area contributed by atoms with Gasteiger partial charge in [0.2, 0.25) is 5.91 Å². The summed E-state index contributed by atoms with van der Waals surface area (Å²) in [6, 6.07) is 0.477. The van der Waals surface area contributed by atoms with Gasteiger partial charge in [0, 0.05) is 30.2 Å². The molecule has 0 bridgehead atoms. The maximum absolute atomic E-state index is 12.5. The first-order valence-corrected chi connectivity index (χ1v) is 10.5. The molecule has 134 valence electrons. The standard InChI is InChI=1S/C19H31N3OS/c1-15(16-9-5-4-6-10-16)21-19-20-14-17(24-19)13-18(23)22-11-7-2-3-8-12-22/h14-16H,2-13H2,1H3,(H,20,21)/t15-/m1/s1. The molecule has 2 aliphatic rings. The zero-order chi connectivity index (χ0) is 16.8. The van der Waals surface area contributed by atoms with Gasteiger partial charge in [0.25, 0.3) is 0 Å². The van der Waals surface area contributed by atoms with Gasteiger partial charge in [0.05, 0.1) is 6.42 Å². The van der Waals surface area contributed by atoms with Crippen molar-refractivity contribution in [3.8, 4) is 0 Å². The first-order chi connectivity index (χ1) is 11.7.